The number of carbonyl (C=O) groups is 1. The number of benzene rings is 2. The maximum absolute atomic E-state index is 12.2. The van der Waals surface area contributed by atoms with Gasteiger partial charge in [0.15, 0.2) is 0 Å². The maximum atomic E-state index is 12.2. The number of carbonyl (C=O) groups excluding carboxylic acids is 1. The van der Waals surface area contributed by atoms with Crippen molar-refractivity contribution in [2.45, 2.75) is 32.6 Å². The Hall–Kier alpha value is -2.69. The lowest BCUT2D eigenvalue weighted by Gasteiger charge is -2.07. The van der Waals surface area contributed by atoms with Crippen LogP contribution in [-0.4, -0.2) is 10.8 Å². The predicted molar refractivity (Wildman–Crippen MR) is 90.7 cm³/mol. The highest BCUT2D eigenvalue weighted by molar-refractivity contribution is 6.07. The summed E-state index contributed by atoms with van der Waals surface area (Å²) in [5, 5.41) is 13.7. The first-order chi connectivity index (χ1) is 11.1. The number of para-hydroxylation sites is 1. The highest BCUT2D eigenvalue weighted by Gasteiger charge is 2.19. The molecule has 120 valence electrons. The lowest BCUT2D eigenvalue weighted by molar-refractivity contribution is -0.385. The average molecular weight is 312 g/mol. The molecular weight excluding hydrogens is 292 g/mol. The number of nitrogens with one attached hydrogen (secondary N) is 1. The largest absolute Gasteiger partial charge is 0.322 e. The molecule has 0 saturated heterocycles. The molecule has 0 aromatic heterocycles. The Morgan fingerprint density at radius 1 is 1.09 bits per heavy atom. The van der Waals surface area contributed by atoms with Gasteiger partial charge in [-0.15, -0.1) is 0 Å². The molecule has 1 N–H and O–H groups in total. The summed E-state index contributed by atoms with van der Waals surface area (Å²) < 4.78 is 0. The van der Waals surface area contributed by atoms with Gasteiger partial charge in [0.25, 0.3) is 11.6 Å². The molecule has 0 aliphatic heterocycles. The molecule has 2 aromatic rings. The summed E-state index contributed by atoms with van der Waals surface area (Å²) >= 11 is 0. The number of hydrogen-bond acceptors (Lipinski definition) is 3. The van der Waals surface area contributed by atoms with Crippen LogP contribution >= 0.6 is 0 Å². The van der Waals surface area contributed by atoms with Crippen molar-refractivity contribution in [1.82, 2.24) is 0 Å². The van der Waals surface area contributed by atoms with Crippen molar-refractivity contribution in [1.29, 1.82) is 0 Å². The SMILES string of the molecule is CCCCCc1ccc(NC(=O)c2ccccc2[N+](=O)[O-])cc1. The number of unbranched alkanes of at least 4 members (excludes halogenated alkanes) is 2. The molecule has 0 fully saturated rings. The van der Waals surface area contributed by atoms with Gasteiger partial charge in [-0.2, -0.15) is 0 Å². The van der Waals surface area contributed by atoms with Gasteiger partial charge >= 0.3 is 0 Å². The van der Waals surface area contributed by atoms with Crippen LogP contribution in [-0.2, 0) is 6.42 Å². The molecule has 0 atom stereocenters. The van der Waals surface area contributed by atoms with Gasteiger partial charge < -0.3 is 5.32 Å². The van der Waals surface area contributed by atoms with Gasteiger partial charge in [-0.1, -0.05) is 44.0 Å². The van der Waals surface area contributed by atoms with Crippen molar-refractivity contribution in [2.24, 2.45) is 0 Å². The summed E-state index contributed by atoms with van der Waals surface area (Å²) in [4.78, 5) is 22.6. The van der Waals surface area contributed by atoms with E-state index >= 15 is 0 Å². The second-order valence-corrected chi connectivity index (χ2v) is 5.38. The first kappa shape index (κ1) is 16.7. The van der Waals surface area contributed by atoms with Gasteiger partial charge in [-0.05, 0) is 36.6 Å². The smallest absolute Gasteiger partial charge is 0.282 e. The standard InChI is InChI=1S/C18H20N2O3/c1-2-3-4-7-14-10-12-15(13-11-14)19-18(21)16-8-5-6-9-17(16)20(22)23/h5-6,8-13H,2-4,7H2,1H3,(H,19,21). The first-order valence-corrected chi connectivity index (χ1v) is 7.75. The summed E-state index contributed by atoms with van der Waals surface area (Å²) in [7, 11) is 0. The second kappa shape index (κ2) is 8.08. The van der Waals surface area contributed by atoms with Crippen LogP contribution in [0.15, 0.2) is 48.5 Å². The van der Waals surface area contributed by atoms with E-state index in [1.54, 1.807) is 12.1 Å². The summed E-state index contributed by atoms with van der Waals surface area (Å²) in [6, 6.07) is 13.5. The molecule has 0 heterocycles. The van der Waals surface area contributed by atoms with E-state index in [9.17, 15) is 14.9 Å². The topological polar surface area (TPSA) is 72.2 Å². The van der Waals surface area contributed by atoms with Crippen LogP contribution < -0.4 is 5.32 Å². The molecular formula is C18H20N2O3. The molecule has 0 aliphatic carbocycles. The number of amides is 1. The molecule has 1 amide bonds. The number of nitrogens with zero attached hydrogens (tertiary/aromatic N) is 1. The van der Waals surface area contributed by atoms with E-state index < -0.39 is 10.8 Å². The molecule has 0 unspecified atom stereocenters. The Labute approximate surface area is 135 Å². The van der Waals surface area contributed by atoms with Gasteiger partial charge in [0.1, 0.15) is 5.56 Å². The third-order valence-corrected chi connectivity index (χ3v) is 3.63. The van der Waals surface area contributed by atoms with Crippen LogP contribution in [0.4, 0.5) is 11.4 Å². The molecule has 2 rings (SSSR count). The molecule has 0 spiro atoms. The normalized spacial score (nSPS) is 10.3. The van der Waals surface area contributed by atoms with E-state index in [1.165, 1.54) is 30.5 Å². The lowest BCUT2D eigenvalue weighted by atomic mass is 10.1. The summed E-state index contributed by atoms with van der Waals surface area (Å²) in [6.07, 6.45) is 4.56. The number of anilines is 1. The Kier molecular flexibility index (Phi) is 5.86. The van der Waals surface area contributed by atoms with E-state index in [2.05, 4.69) is 12.2 Å². The summed E-state index contributed by atoms with van der Waals surface area (Å²) in [6.45, 7) is 2.17. The van der Waals surface area contributed by atoms with E-state index in [0.717, 1.165) is 12.8 Å². The molecule has 0 radical (unpaired) electrons. The van der Waals surface area contributed by atoms with E-state index in [-0.39, 0.29) is 11.3 Å². The van der Waals surface area contributed by atoms with Crippen LogP contribution in [0.2, 0.25) is 0 Å². The van der Waals surface area contributed by atoms with Crippen molar-refractivity contribution in [3.05, 3.63) is 69.8 Å². The number of nitro benzene ring substituents is 1. The molecule has 23 heavy (non-hydrogen) atoms. The van der Waals surface area contributed by atoms with E-state index in [1.807, 2.05) is 24.3 Å². The van der Waals surface area contributed by atoms with Gasteiger partial charge in [-0.3, -0.25) is 14.9 Å². The van der Waals surface area contributed by atoms with Crippen molar-refractivity contribution < 1.29 is 9.72 Å². The van der Waals surface area contributed by atoms with E-state index in [0.29, 0.717) is 5.69 Å². The van der Waals surface area contributed by atoms with Crippen LogP contribution in [0.3, 0.4) is 0 Å². The third kappa shape index (κ3) is 4.64. The Balaban J connectivity index is 2.05. The van der Waals surface area contributed by atoms with Gasteiger partial charge in [0.2, 0.25) is 0 Å². The van der Waals surface area contributed by atoms with Gasteiger partial charge in [0, 0.05) is 11.8 Å². The highest BCUT2D eigenvalue weighted by Crippen LogP contribution is 2.20. The molecule has 5 nitrogen and oxygen atoms in total. The zero-order valence-electron chi connectivity index (χ0n) is 13.1. The zero-order valence-corrected chi connectivity index (χ0v) is 13.1. The Bertz CT molecular complexity index is 681. The number of rotatable bonds is 7. The van der Waals surface area contributed by atoms with Crippen LogP contribution in [0.25, 0.3) is 0 Å². The molecule has 0 saturated carbocycles. The van der Waals surface area contributed by atoms with Gasteiger partial charge in [-0.25, -0.2) is 0 Å². The Morgan fingerprint density at radius 3 is 2.43 bits per heavy atom. The predicted octanol–water partition coefficient (Wildman–Crippen LogP) is 4.58. The second-order valence-electron chi connectivity index (χ2n) is 5.38. The van der Waals surface area contributed by atoms with Crippen molar-refractivity contribution >= 4 is 17.3 Å². The summed E-state index contributed by atoms with van der Waals surface area (Å²) in [5.41, 5.74) is 1.72. The minimum Gasteiger partial charge on any atom is -0.322 e. The fraction of sp³-hybridized carbons (Fsp3) is 0.278. The first-order valence-electron chi connectivity index (χ1n) is 7.75. The van der Waals surface area contributed by atoms with Crippen LogP contribution in [0, 0.1) is 10.1 Å². The monoisotopic (exact) mass is 312 g/mol. The van der Waals surface area contributed by atoms with Crippen LogP contribution in [0.5, 0.6) is 0 Å². The van der Waals surface area contributed by atoms with Crippen molar-refractivity contribution in [2.75, 3.05) is 5.32 Å². The maximum Gasteiger partial charge on any atom is 0.282 e. The Morgan fingerprint density at radius 2 is 1.78 bits per heavy atom. The number of nitro groups is 1. The van der Waals surface area contributed by atoms with Crippen molar-refractivity contribution in [3.63, 3.8) is 0 Å². The average Bonchev–Trinajstić information content (AvgIpc) is 2.56. The quantitative estimate of drug-likeness (QED) is 0.462. The highest BCUT2D eigenvalue weighted by atomic mass is 16.6. The lowest BCUT2D eigenvalue weighted by Crippen LogP contribution is -2.13. The third-order valence-electron chi connectivity index (χ3n) is 3.63. The summed E-state index contributed by atoms with van der Waals surface area (Å²) in [5.74, 6) is -0.476. The fourth-order valence-electron chi connectivity index (χ4n) is 2.36. The minimum atomic E-state index is -0.550. The molecule has 2 aromatic carbocycles. The van der Waals surface area contributed by atoms with Gasteiger partial charge in [0.05, 0.1) is 4.92 Å². The fourth-order valence-corrected chi connectivity index (χ4v) is 2.36. The molecule has 0 aliphatic rings. The van der Waals surface area contributed by atoms with Crippen molar-refractivity contribution in [3.8, 4) is 0 Å². The number of aryl methyl sites for hydroxylation is 1. The zero-order chi connectivity index (χ0) is 16.7. The molecule has 0 bridgehead atoms. The van der Waals surface area contributed by atoms with E-state index in [4.69, 9.17) is 0 Å². The molecule has 5 heteroatoms. The van der Waals surface area contributed by atoms with Crippen LogP contribution in [0.1, 0.15) is 42.1 Å². The minimum absolute atomic E-state index is 0.0597. The number of hydrogen-bond donors (Lipinski definition) is 1.